The Morgan fingerprint density at radius 1 is 1.21 bits per heavy atom. The van der Waals surface area contributed by atoms with Crippen molar-refractivity contribution in [3.63, 3.8) is 0 Å². The molecule has 2 heterocycles. The van der Waals surface area contributed by atoms with Crippen molar-refractivity contribution in [2.24, 2.45) is 5.92 Å². The van der Waals surface area contributed by atoms with E-state index in [1.54, 1.807) is 23.5 Å². The normalized spacial score (nSPS) is 15.9. The van der Waals surface area contributed by atoms with E-state index in [4.69, 9.17) is 0 Å². The molecule has 1 aromatic carbocycles. The Morgan fingerprint density at radius 3 is 2.52 bits per heavy atom. The molecule has 0 aliphatic carbocycles. The number of aryl methyl sites for hydroxylation is 1. The van der Waals surface area contributed by atoms with Crippen LogP contribution in [0.2, 0.25) is 0 Å². The molecule has 0 saturated carbocycles. The van der Waals surface area contributed by atoms with Crippen molar-refractivity contribution in [2.45, 2.75) is 52.6 Å². The number of nitrogens with one attached hydrogen (secondary N) is 2. The Morgan fingerprint density at radius 2 is 1.90 bits per heavy atom. The van der Waals surface area contributed by atoms with Crippen LogP contribution in [0.15, 0.2) is 29.6 Å². The van der Waals surface area contributed by atoms with Gasteiger partial charge in [-0.2, -0.15) is 0 Å². The molecule has 1 aromatic heterocycles. The van der Waals surface area contributed by atoms with Crippen molar-refractivity contribution in [1.82, 2.24) is 15.2 Å². The molecule has 1 saturated heterocycles. The quantitative estimate of drug-likeness (QED) is 0.780. The summed E-state index contributed by atoms with van der Waals surface area (Å²) in [7, 11) is 0. The van der Waals surface area contributed by atoms with Crippen molar-refractivity contribution in [1.29, 1.82) is 0 Å². The molecule has 6 nitrogen and oxygen atoms in total. The summed E-state index contributed by atoms with van der Waals surface area (Å²) in [5.41, 5.74) is 1.83. The first-order valence-corrected chi connectivity index (χ1v) is 10.9. The summed E-state index contributed by atoms with van der Waals surface area (Å²) in [6.45, 7) is 10.4. The van der Waals surface area contributed by atoms with E-state index in [9.17, 15) is 9.59 Å². The SMILES string of the molecule is Cc1nc(CN2CCC(C(=O)Nc3ccccc3C(=O)NC(C)(C)C)CC2)cs1. The van der Waals surface area contributed by atoms with Crippen molar-refractivity contribution >= 4 is 28.8 Å². The molecule has 0 bridgehead atoms. The van der Waals surface area contributed by atoms with Crippen LogP contribution >= 0.6 is 11.3 Å². The van der Waals surface area contributed by atoms with Crippen LogP contribution in [0.3, 0.4) is 0 Å². The Bertz CT molecular complexity index is 864. The van der Waals surface area contributed by atoms with Gasteiger partial charge in [-0.25, -0.2) is 4.98 Å². The molecule has 2 aromatic rings. The van der Waals surface area contributed by atoms with E-state index in [0.29, 0.717) is 11.3 Å². The topological polar surface area (TPSA) is 74.3 Å². The van der Waals surface area contributed by atoms with E-state index in [1.165, 1.54) is 0 Å². The van der Waals surface area contributed by atoms with Gasteiger partial charge in [0.1, 0.15) is 0 Å². The molecule has 0 atom stereocenters. The highest BCUT2D eigenvalue weighted by atomic mass is 32.1. The van der Waals surface area contributed by atoms with Gasteiger partial charge in [-0.05, 0) is 65.8 Å². The number of hydrogen-bond donors (Lipinski definition) is 2. The van der Waals surface area contributed by atoms with E-state index in [2.05, 4.69) is 25.9 Å². The van der Waals surface area contributed by atoms with E-state index in [-0.39, 0.29) is 23.3 Å². The molecule has 29 heavy (non-hydrogen) atoms. The fraction of sp³-hybridized carbons (Fsp3) is 0.500. The molecule has 0 spiro atoms. The number of piperidine rings is 1. The summed E-state index contributed by atoms with van der Waals surface area (Å²) in [6, 6.07) is 7.18. The number of anilines is 1. The standard InChI is InChI=1S/C22H30N4O2S/c1-15-23-17(14-29-15)13-26-11-9-16(10-12-26)20(27)24-19-8-6-5-7-18(19)21(28)25-22(2,3)4/h5-8,14,16H,9-13H2,1-4H3,(H,24,27)(H,25,28). The molecule has 156 valence electrons. The molecule has 7 heteroatoms. The molecule has 0 unspecified atom stereocenters. The second kappa shape index (κ2) is 9.05. The lowest BCUT2D eigenvalue weighted by Crippen LogP contribution is -2.41. The zero-order valence-corrected chi connectivity index (χ0v) is 18.4. The fourth-order valence-corrected chi connectivity index (χ4v) is 4.10. The van der Waals surface area contributed by atoms with Crippen LogP contribution in [0.25, 0.3) is 0 Å². The maximum Gasteiger partial charge on any atom is 0.253 e. The summed E-state index contributed by atoms with van der Waals surface area (Å²) in [4.78, 5) is 32.3. The Balaban J connectivity index is 1.57. The van der Waals surface area contributed by atoms with Crippen molar-refractivity contribution in [3.05, 3.63) is 45.9 Å². The number of hydrogen-bond acceptors (Lipinski definition) is 5. The predicted molar refractivity (Wildman–Crippen MR) is 117 cm³/mol. The Kier molecular flexibility index (Phi) is 6.70. The number of para-hydroxylation sites is 1. The van der Waals surface area contributed by atoms with E-state index in [0.717, 1.165) is 43.2 Å². The van der Waals surface area contributed by atoms with Gasteiger partial charge in [-0.3, -0.25) is 14.5 Å². The van der Waals surface area contributed by atoms with Crippen molar-refractivity contribution in [2.75, 3.05) is 18.4 Å². The number of rotatable bonds is 5. The molecular weight excluding hydrogens is 384 g/mol. The van der Waals surface area contributed by atoms with Crippen LogP contribution in [-0.2, 0) is 11.3 Å². The first kappa shape index (κ1) is 21.5. The molecular formula is C22H30N4O2S. The van der Waals surface area contributed by atoms with Gasteiger partial charge in [0, 0.05) is 23.4 Å². The highest BCUT2D eigenvalue weighted by Gasteiger charge is 2.26. The molecule has 0 radical (unpaired) electrons. The second-order valence-electron chi connectivity index (χ2n) is 8.65. The van der Waals surface area contributed by atoms with Crippen molar-refractivity contribution < 1.29 is 9.59 Å². The molecule has 3 rings (SSSR count). The highest BCUT2D eigenvalue weighted by Crippen LogP contribution is 2.23. The maximum absolute atomic E-state index is 12.8. The Hall–Kier alpha value is -2.25. The predicted octanol–water partition coefficient (Wildman–Crippen LogP) is 3.83. The fourth-order valence-electron chi connectivity index (χ4n) is 3.50. The van der Waals surface area contributed by atoms with Crippen LogP contribution in [0.4, 0.5) is 5.69 Å². The number of likely N-dealkylation sites (tertiary alicyclic amines) is 1. The first-order valence-electron chi connectivity index (χ1n) is 10.1. The minimum absolute atomic E-state index is 0.00911. The van der Waals surface area contributed by atoms with E-state index >= 15 is 0 Å². The summed E-state index contributed by atoms with van der Waals surface area (Å²) in [5.74, 6) is -0.228. The third-order valence-corrected chi connectivity index (χ3v) is 5.75. The van der Waals surface area contributed by atoms with Crippen LogP contribution in [-0.4, -0.2) is 40.3 Å². The third kappa shape index (κ3) is 6.11. The number of nitrogens with zero attached hydrogens (tertiary/aromatic N) is 2. The van der Waals surface area contributed by atoms with Crippen LogP contribution in [0, 0.1) is 12.8 Å². The highest BCUT2D eigenvalue weighted by molar-refractivity contribution is 7.09. The first-order chi connectivity index (χ1) is 13.7. The van der Waals surface area contributed by atoms with Gasteiger partial charge in [0.25, 0.3) is 5.91 Å². The van der Waals surface area contributed by atoms with Gasteiger partial charge in [0.2, 0.25) is 5.91 Å². The summed E-state index contributed by atoms with van der Waals surface area (Å²) in [6.07, 6.45) is 1.62. The van der Waals surface area contributed by atoms with Gasteiger partial charge in [-0.1, -0.05) is 12.1 Å². The van der Waals surface area contributed by atoms with Gasteiger partial charge in [-0.15, -0.1) is 11.3 Å². The minimum atomic E-state index is -0.336. The summed E-state index contributed by atoms with van der Waals surface area (Å²) >= 11 is 1.67. The second-order valence-corrected chi connectivity index (χ2v) is 9.71. The Labute approximate surface area is 176 Å². The lowest BCUT2D eigenvalue weighted by Gasteiger charge is -2.31. The summed E-state index contributed by atoms with van der Waals surface area (Å²) in [5, 5.41) is 9.13. The zero-order valence-electron chi connectivity index (χ0n) is 17.6. The van der Waals surface area contributed by atoms with Gasteiger partial charge in [0.15, 0.2) is 0 Å². The average molecular weight is 415 g/mol. The number of aromatic nitrogens is 1. The van der Waals surface area contributed by atoms with E-state index < -0.39 is 0 Å². The van der Waals surface area contributed by atoms with Crippen LogP contribution in [0.1, 0.15) is 54.7 Å². The number of carbonyl (C=O) groups is 2. The monoisotopic (exact) mass is 414 g/mol. The van der Waals surface area contributed by atoms with E-state index in [1.807, 2.05) is 39.8 Å². The lowest BCUT2D eigenvalue weighted by molar-refractivity contribution is -0.121. The van der Waals surface area contributed by atoms with Gasteiger partial charge in [0.05, 0.1) is 22.0 Å². The van der Waals surface area contributed by atoms with Gasteiger partial charge >= 0.3 is 0 Å². The smallest absolute Gasteiger partial charge is 0.253 e. The number of thiazole rings is 1. The molecule has 1 aliphatic heterocycles. The molecule has 1 aliphatic rings. The third-order valence-electron chi connectivity index (χ3n) is 4.93. The molecule has 2 N–H and O–H groups in total. The number of benzene rings is 1. The lowest BCUT2D eigenvalue weighted by atomic mass is 9.95. The number of amides is 2. The minimum Gasteiger partial charge on any atom is -0.347 e. The molecule has 1 fully saturated rings. The summed E-state index contributed by atoms with van der Waals surface area (Å²) < 4.78 is 0. The number of carbonyl (C=O) groups excluding carboxylic acids is 2. The average Bonchev–Trinajstić information content (AvgIpc) is 3.06. The van der Waals surface area contributed by atoms with Crippen LogP contribution in [0.5, 0.6) is 0 Å². The largest absolute Gasteiger partial charge is 0.347 e. The van der Waals surface area contributed by atoms with Crippen molar-refractivity contribution in [3.8, 4) is 0 Å². The molecule has 2 amide bonds. The van der Waals surface area contributed by atoms with Crippen LogP contribution < -0.4 is 10.6 Å². The maximum atomic E-state index is 12.8. The zero-order chi connectivity index (χ0) is 21.0. The van der Waals surface area contributed by atoms with Gasteiger partial charge < -0.3 is 10.6 Å².